The first-order valence-electron chi connectivity index (χ1n) is 9.68. The molecule has 1 aromatic rings. The average molecular weight is 424 g/mol. The van der Waals surface area contributed by atoms with Gasteiger partial charge >= 0.3 is 12.1 Å². The van der Waals surface area contributed by atoms with Gasteiger partial charge in [-0.25, -0.2) is 0 Å². The minimum atomic E-state index is -4.87. The quantitative estimate of drug-likeness (QED) is 0.380. The molecule has 0 aromatic carbocycles. The second-order valence-corrected chi connectivity index (χ2v) is 15.3. The second-order valence-electron chi connectivity index (χ2n) is 9.55. The van der Waals surface area contributed by atoms with E-state index in [1.54, 1.807) is 4.23 Å². The minimum absolute atomic E-state index is 0.0609. The zero-order valence-corrected chi connectivity index (χ0v) is 18.8. The van der Waals surface area contributed by atoms with Gasteiger partial charge in [0.05, 0.1) is 11.1 Å². The number of ketones is 1. The van der Waals surface area contributed by atoms with Crippen LogP contribution in [0.4, 0.5) is 22.0 Å². The molecule has 8 heteroatoms. The molecule has 0 atom stereocenters. The Balaban J connectivity index is 3.00. The van der Waals surface area contributed by atoms with E-state index in [4.69, 9.17) is 0 Å². The number of carbonyl (C=O) groups is 1. The Morgan fingerprint density at radius 1 is 1.00 bits per heavy atom. The van der Waals surface area contributed by atoms with E-state index in [0.717, 1.165) is 6.20 Å². The van der Waals surface area contributed by atoms with Gasteiger partial charge in [0.25, 0.3) is 0 Å². The predicted molar refractivity (Wildman–Crippen MR) is 103 cm³/mol. The Morgan fingerprint density at radius 2 is 1.43 bits per heavy atom. The fraction of sp³-hybridized carbons (Fsp3) is 0.750. The Labute approximate surface area is 164 Å². The third kappa shape index (κ3) is 2.97. The fourth-order valence-electron chi connectivity index (χ4n) is 5.36. The van der Waals surface area contributed by atoms with Crippen molar-refractivity contribution in [1.82, 2.24) is 4.23 Å². The number of alkyl halides is 5. The summed E-state index contributed by atoms with van der Waals surface area (Å²) in [5, 5.41) is 0. The zero-order valence-electron chi connectivity index (χ0n) is 17.8. The second kappa shape index (κ2) is 6.67. The number of halogens is 5. The maximum Gasteiger partial charge on any atom is 0.418 e. The minimum Gasteiger partial charge on any atom is -0.376 e. The van der Waals surface area contributed by atoms with Crippen LogP contribution in [0.15, 0.2) is 6.20 Å². The Bertz CT molecular complexity index is 753. The molecule has 0 aliphatic heterocycles. The summed E-state index contributed by atoms with van der Waals surface area (Å²) in [7, 11) is -2.66. The molecule has 2 nitrogen and oxygen atoms in total. The van der Waals surface area contributed by atoms with Crippen LogP contribution in [0, 0.1) is 5.41 Å². The van der Waals surface area contributed by atoms with Crippen LogP contribution < -0.4 is 0 Å². The lowest BCUT2D eigenvalue weighted by Gasteiger charge is -2.47. The summed E-state index contributed by atoms with van der Waals surface area (Å²) in [5.41, 5.74) is -3.48. The highest BCUT2D eigenvalue weighted by atomic mass is 28.3. The third-order valence-electron chi connectivity index (χ3n) is 6.58. The van der Waals surface area contributed by atoms with Crippen molar-refractivity contribution in [2.75, 3.05) is 0 Å². The average Bonchev–Trinajstić information content (AvgIpc) is 2.84. The SMILES string of the molecule is CC(C)[Si](C(C)C)(C(C)C)n1cc(C(F)(F)F)c2c1CC(C)(C)C(F)(F)C2=O. The van der Waals surface area contributed by atoms with Crippen LogP contribution in [0.25, 0.3) is 0 Å². The van der Waals surface area contributed by atoms with Gasteiger partial charge in [0.2, 0.25) is 5.78 Å². The van der Waals surface area contributed by atoms with Gasteiger partial charge < -0.3 is 4.23 Å². The highest BCUT2D eigenvalue weighted by molar-refractivity contribution is 6.82. The molecule has 0 fully saturated rings. The molecule has 1 aliphatic carbocycles. The maximum absolute atomic E-state index is 14.7. The lowest BCUT2D eigenvalue weighted by atomic mass is 9.72. The van der Waals surface area contributed by atoms with Crippen LogP contribution in [-0.4, -0.2) is 24.2 Å². The topological polar surface area (TPSA) is 22.0 Å². The van der Waals surface area contributed by atoms with E-state index in [9.17, 15) is 26.7 Å². The van der Waals surface area contributed by atoms with Gasteiger partial charge in [0, 0.05) is 17.3 Å². The normalized spacial score (nSPS) is 19.6. The van der Waals surface area contributed by atoms with Crippen molar-refractivity contribution < 1.29 is 26.7 Å². The Kier molecular flexibility index (Phi) is 5.50. The van der Waals surface area contributed by atoms with Gasteiger partial charge in [0.1, 0.15) is 0 Å². The third-order valence-corrected chi connectivity index (χ3v) is 13.4. The van der Waals surface area contributed by atoms with E-state index in [2.05, 4.69) is 0 Å². The molecule has 2 rings (SSSR count). The van der Waals surface area contributed by atoms with Crippen LogP contribution in [-0.2, 0) is 12.6 Å². The van der Waals surface area contributed by atoms with Crippen molar-refractivity contribution in [2.45, 2.75) is 90.5 Å². The van der Waals surface area contributed by atoms with Crippen molar-refractivity contribution in [3.63, 3.8) is 0 Å². The van der Waals surface area contributed by atoms with Gasteiger partial charge in [-0.15, -0.1) is 0 Å². The molecule has 0 spiro atoms. The first kappa shape index (κ1) is 23.1. The molecule has 0 amide bonds. The number of fused-ring (bicyclic) bond motifs is 1. The number of hydrogen-bond donors (Lipinski definition) is 0. The number of rotatable bonds is 4. The smallest absolute Gasteiger partial charge is 0.376 e. The zero-order chi connectivity index (χ0) is 22.0. The fourth-order valence-corrected chi connectivity index (χ4v) is 12.0. The van der Waals surface area contributed by atoms with Crippen LogP contribution >= 0.6 is 0 Å². The van der Waals surface area contributed by atoms with Crippen LogP contribution in [0.2, 0.25) is 16.6 Å². The predicted octanol–water partition coefficient (Wildman–Crippen LogP) is 6.93. The lowest BCUT2D eigenvalue weighted by Crippen LogP contribution is -2.55. The molecule has 1 heterocycles. The molecule has 28 heavy (non-hydrogen) atoms. The van der Waals surface area contributed by atoms with Gasteiger partial charge in [-0.2, -0.15) is 22.0 Å². The first-order chi connectivity index (χ1) is 12.4. The molecule has 1 aromatic heterocycles. The summed E-state index contributed by atoms with van der Waals surface area (Å²) in [6.45, 7) is 14.4. The van der Waals surface area contributed by atoms with Crippen molar-refractivity contribution in [3.8, 4) is 0 Å². The number of Topliss-reactive ketones (excluding diaryl/α,β-unsaturated/α-hetero) is 1. The van der Waals surface area contributed by atoms with E-state index in [1.165, 1.54) is 13.8 Å². The van der Waals surface area contributed by atoms with Gasteiger partial charge in [-0.1, -0.05) is 55.4 Å². The van der Waals surface area contributed by atoms with Crippen molar-refractivity contribution in [3.05, 3.63) is 23.0 Å². The molecule has 1 aliphatic rings. The summed E-state index contributed by atoms with van der Waals surface area (Å²) in [5.74, 6) is -5.55. The summed E-state index contributed by atoms with van der Waals surface area (Å²) in [6.07, 6.45) is -4.17. The molecule has 0 radical (unpaired) electrons. The van der Waals surface area contributed by atoms with Crippen molar-refractivity contribution in [1.29, 1.82) is 0 Å². The molecule has 0 unspecified atom stereocenters. The number of aromatic nitrogens is 1. The molecular formula is C20H30F5NOSi. The molecule has 0 saturated heterocycles. The molecule has 160 valence electrons. The largest absolute Gasteiger partial charge is 0.418 e. The standard InChI is InChI=1S/C20H30F5NOSi/c1-11(2)28(12(3)4,13(5)6)26-10-14(20(23,24)25)16-15(26)9-18(7,8)19(21,22)17(16)27/h10-13H,9H2,1-8H3. The molecular weight excluding hydrogens is 393 g/mol. The molecule has 0 bridgehead atoms. The Hall–Kier alpha value is -1.18. The van der Waals surface area contributed by atoms with Gasteiger partial charge in [-0.3, -0.25) is 4.79 Å². The van der Waals surface area contributed by atoms with Gasteiger partial charge in [-0.05, 0) is 23.0 Å². The van der Waals surface area contributed by atoms with E-state index >= 15 is 0 Å². The number of carbonyl (C=O) groups excluding carboxylic acids is 1. The lowest BCUT2D eigenvalue weighted by molar-refractivity contribution is -0.138. The van der Waals surface area contributed by atoms with Gasteiger partial charge in [0.15, 0.2) is 8.24 Å². The van der Waals surface area contributed by atoms with E-state index in [-0.39, 0.29) is 28.7 Å². The van der Waals surface area contributed by atoms with E-state index in [0.29, 0.717) is 0 Å². The highest BCUT2D eigenvalue weighted by Crippen LogP contribution is 2.52. The Morgan fingerprint density at radius 3 is 1.79 bits per heavy atom. The summed E-state index contributed by atoms with van der Waals surface area (Å²) in [4.78, 5) is 12.6. The van der Waals surface area contributed by atoms with Crippen LogP contribution in [0.3, 0.4) is 0 Å². The number of nitrogens with zero attached hydrogens (tertiary/aromatic N) is 1. The van der Waals surface area contributed by atoms with Crippen LogP contribution in [0.5, 0.6) is 0 Å². The summed E-state index contributed by atoms with van der Waals surface area (Å²) in [6, 6.07) is 0. The summed E-state index contributed by atoms with van der Waals surface area (Å²) >= 11 is 0. The van der Waals surface area contributed by atoms with E-state index < -0.39 is 42.7 Å². The number of hydrogen-bond acceptors (Lipinski definition) is 1. The van der Waals surface area contributed by atoms with Crippen molar-refractivity contribution in [2.24, 2.45) is 5.41 Å². The first-order valence-corrected chi connectivity index (χ1v) is 11.9. The van der Waals surface area contributed by atoms with Crippen LogP contribution in [0.1, 0.15) is 77.0 Å². The highest BCUT2D eigenvalue weighted by Gasteiger charge is 2.61. The molecule has 0 saturated carbocycles. The molecule has 0 N–H and O–H groups in total. The maximum atomic E-state index is 14.7. The summed E-state index contributed by atoms with van der Waals surface area (Å²) < 4.78 is 72.4. The monoisotopic (exact) mass is 423 g/mol. The van der Waals surface area contributed by atoms with E-state index in [1.807, 2.05) is 41.5 Å². The van der Waals surface area contributed by atoms with Crippen molar-refractivity contribution >= 4 is 14.0 Å².